The van der Waals surface area contributed by atoms with E-state index in [9.17, 15) is 18.3 Å². The first-order chi connectivity index (χ1) is 9.85. The van der Waals surface area contributed by atoms with Gasteiger partial charge in [0.05, 0.1) is 16.9 Å². The summed E-state index contributed by atoms with van der Waals surface area (Å²) in [4.78, 5) is 11.3. The van der Waals surface area contributed by atoms with Crippen molar-refractivity contribution < 1.29 is 23.4 Å². The van der Waals surface area contributed by atoms with E-state index in [-0.39, 0.29) is 11.5 Å². The first-order valence-corrected chi connectivity index (χ1v) is 8.31. The van der Waals surface area contributed by atoms with Gasteiger partial charge < -0.3 is 10.2 Å². The van der Waals surface area contributed by atoms with Gasteiger partial charge in [-0.2, -0.15) is 0 Å². The first-order valence-electron chi connectivity index (χ1n) is 6.83. The fourth-order valence-electron chi connectivity index (χ4n) is 2.24. The molecule has 0 aromatic heterocycles. The molecule has 6 nitrogen and oxygen atoms in total. The van der Waals surface area contributed by atoms with Crippen molar-refractivity contribution in [1.82, 2.24) is 4.72 Å². The second kappa shape index (κ2) is 5.75. The van der Waals surface area contributed by atoms with Gasteiger partial charge in [-0.3, -0.25) is 4.79 Å². The van der Waals surface area contributed by atoms with Crippen LogP contribution in [0, 0.1) is 0 Å². The lowest BCUT2D eigenvalue weighted by Gasteiger charge is -2.15. The number of aliphatic hydroxyl groups is 1. The van der Waals surface area contributed by atoms with E-state index in [1.807, 2.05) is 0 Å². The van der Waals surface area contributed by atoms with Crippen molar-refractivity contribution in [1.29, 1.82) is 0 Å². The topological polar surface area (TPSA) is 104 Å². The normalized spacial score (nSPS) is 18.2. The Kier molecular flexibility index (Phi) is 4.36. The van der Waals surface area contributed by atoms with Gasteiger partial charge >= 0.3 is 5.97 Å². The highest BCUT2D eigenvalue weighted by molar-refractivity contribution is 7.89. The van der Waals surface area contributed by atoms with Gasteiger partial charge in [0, 0.05) is 6.04 Å². The maximum atomic E-state index is 12.1. The molecule has 21 heavy (non-hydrogen) atoms. The monoisotopic (exact) mass is 313 g/mol. The van der Waals surface area contributed by atoms with Crippen LogP contribution in [0.4, 0.5) is 0 Å². The van der Waals surface area contributed by atoms with Gasteiger partial charge in [-0.05, 0) is 37.0 Å². The van der Waals surface area contributed by atoms with Crippen LogP contribution >= 0.6 is 0 Å². The minimum atomic E-state index is -3.70. The van der Waals surface area contributed by atoms with Crippen LogP contribution in [0.3, 0.4) is 0 Å². The van der Waals surface area contributed by atoms with Crippen molar-refractivity contribution in [2.45, 2.75) is 42.5 Å². The Hall–Kier alpha value is -1.44. The zero-order chi connectivity index (χ0) is 15.7. The third-order valence-corrected chi connectivity index (χ3v) is 5.45. The molecule has 2 rings (SSSR count). The molecular weight excluding hydrogens is 294 g/mol. The van der Waals surface area contributed by atoms with E-state index in [0.29, 0.717) is 24.8 Å². The Morgan fingerprint density at radius 3 is 2.29 bits per heavy atom. The summed E-state index contributed by atoms with van der Waals surface area (Å²) in [7, 11) is -3.70. The van der Waals surface area contributed by atoms with E-state index >= 15 is 0 Å². The molecule has 1 saturated carbocycles. The third kappa shape index (κ3) is 3.09. The summed E-state index contributed by atoms with van der Waals surface area (Å²) in [5.41, 5.74) is -0.213. The van der Waals surface area contributed by atoms with Crippen LogP contribution in [0.5, 0.6) is 0 Å². The van der Waals surface area contributed by atoms with Crippen molar-refractivity contribution in [2.75, 3.05) is 6.61 Å². The molecule has 0 radical (unpaired) electrons. The molecule has 0 bridgehead atoms. The Balaban J connectivity index is 2.21. The number of carbonyl (C=O) groups is 1. The number of rotatable bonds is 7. The van der Waals surface area contributed by atoms with E-state index < -0.39 is 27.4 Å². The fourth-order valence-corrected chi connectivity index (χ4v) is 3.55. The van der Waals surface area contributed by atoms with Crippen LogP contribution in [0.15, 0.2) is 29.2 Å². The summed E-state index contributed by atoms with van der Waals surface area (Å²) in [6.45, 7) is 1.51. The highest BCUT2D eigenvalue weighted by Crippen LogP contribution is 2.48. The molecule has 0 saturated heterocycles. The molecule has 7 heteroatoms. The van der Waals surface area contributed by atoms with Gasteiger partial charge in [0.1, 0.15) is 0 Å². The quantitative estimate of drug-likeness (QED) is 0.692. The first kappa shape index (κ1) is 15.9. The molecule has 1 aliphatic rings. The number of hydrogen-bond acceptors (Lipinski definition) is 4. The molecule has 1 aromatic rings. The van der Waals surface area contributed by atoms with E-state index in [1.165, 1.54) is 12.1 Å². The summed E-state index contributed by atoms with van der Waals surface area (Å²) in [5, 5.41) is 18.3. The molecule has 3 N–H and O–H groups in total. The third-order valence-electron chi connectivity index (χ3n) is 3.91. The van der Waals surface area contributed by atoms with Gasteiger partial charge in [0.2, 0.25) is 10.0 Å². The molecule has 1 fully saturated rings. The standard InChI is InChI=1S/C14H19NO5S/c1-2-11(9-16)15-21(19,20)12-5-3-10(4-6-12)14(7-8-14)13(17)18/h3-6,11,15-16H,2,7-9H2,1H3,(H,17,18)/t11-/m0/s1. The lowest BCUT2D eigenvalue weighted by Crippen LogP contribution is -2.36. The predicted molar refractivity (Wildman–Crippen MR) is 76.5 cm³/mol. The average Bonchev–Trinajstić information content (AvgIpc) is 3.26. The summed E-state index contributed by atoms with van der Waals surface area (Å²) >= 11 is 0. The second-order valence-corrected chi connectivity index (χ2v) is 7.03. The lowest BCUT2D eigenvalue weighted by atomic mass is 9.96. The van der Waals surface area contributed by atoms with E-state index in [0.717, 1.165) is 0 Å². The Morgan fingerprint density at radius 1 is 1.33 bits per heavy atom. The van der Waals surface area contributed by atoms with Crippen LogP contribution in [-0.4, -0.2) is 37.2 Å². The second-order valence-electron chi connectivity index (χ2n) is 5.32. The molecule has 0 spiro atoms. The summed E-state index contributed by atoms with van der Waals surface area (Å²) in [5.74, 6) is -0.873. The predicted octanol–water partition coefficient (Wildman–Crippen LogP) is 0.852. The van der Waals surface area contributed by atoms with E-state index in [1.54, 1.807) is 19.1 Å². The molecule has 0 amide bonds. The average molecular weight is 313 g/mol. The number of carboxylic acids is 1. The van der Waals surface area contributed by atoms with Crippen LogP contribution in [-0.2, 0) is 20.2 Å². The van der Waals surface area contributed by atoms with E-state index in [2.05, 4.69) is 4.72 Å². The number of carboxylic acid groups (broad SMARTS) is 1. The fraction of sp³-hybridized carbons (Fsp3) is 0.500. The van der Waals surface area contributed by atoms with Crippen molar-refractivity contribution in [2.24, 2.45) is 0 Å². The number of hydrogen-bond donors (Lipinski definition) is 3. The van der Waals surface area contributed by atoms with Crippen LogP contribution in [0.25, 0.3) is 0 Å². The lowest BCUT2D eigenvalue weighted by molar-refractivity contribution is -0.140. The van der Waals surface area contributed by atoms with E-state index in [4.69, 9.17) is 5.11 Å². The number of sulfonamides is 1. The summed E-state index contributed by atoms with van der Waals surface area (Å²) in [6, 6.07) is 5.39. The van der Waals surface area contributed by atoms with Gasteiger partial charge in [-0.25, -0.2) is 13.1 Å². The molecule has 0 heterocycles. The molecule has 0 unspecified atom stereocenters. The maximum absolute atomic E-state index is 12.1. The van der Waals surface area contributed by atoms with Crippen molar-refractivity contribution >= 4 is 16.0 Å². The van der Waals surface area contributed by atoms with Gasteiger partial charge in [-0.15, -0.1) is 0 Å². The largest absolute Gasteiger partial charge is 0.481 e. The molecule has 1 aromatic carbocycles. The van der Waals surface area contributed by atoms with Crippen LogP contribution < -0.4 is 4.72 Å². The highest BCUT2D eigenvalue weighted by Gasteiger charge is 2.51. The van der Waals surface area contributed by atoms with Crippen LogP contribution in [0.2, 0.25) is 0 Å². The van der Waals surface area contributed by atoms with Gasteiger partial charge in [0.15, 0.2) is 0 Å². The summed E-state index contributed by atoms with van der Waals surface area (Å²) in [6.07, 6.45) is 1.64. The minimum Gasteiger partial charge on any atom is -0.481 e. The van der Waals surface area contributed by atoms with Gasteiger partial charge in [-0.1, -0.05) is 19.1 Å². The molecular formula is C14H19NO5S. The van der Waals surface area contributed by atoms with Crippen molar-refractivity contribution in [3.63, 3.8) is 0 Å². The molecule has 0 aliphatic heterocycles. The zero-order valence-corrected chi connectivity index (χ0v) is 12.6. The smallest absolute Gasteiger partial charge is 0.314 e. The number of nitrogens with one attached hydrogen (secondary N) is 1. The van der Waals surface area contributed by atoms with Crippen LogP contribution in [0.1, 0.15) is 31.7 Å². The molecule has 1 atom stereocenters. The molecule has 116 valence electrons. The number of aliphatic carboxylic acids is 1. The Bertz CT molecular complexity index is 615. The Morgan fingerprint density at radius 2 is 1.90 bits per heavy atom. The highest BCUT2D eigenvalue weighted by atomic mass is 32.2. The van der Waals surface area contributed by atoms with Crippen molar-refractivity contribution in [3.8, 4) is 0 Å². The Labute approximate surface area is 123 Å². The SMILES string of the molecule is CC[C@@H](CO)NS(=O)(=O)c1ccc(C2(C(=O)O)CC2)cc1. The number of aliphatic hydroxyl groups excluding tert-OH is 1. The minimum absolute atomic E-state index is 0.0688. The molecule has 1 aliphatic carbocycles. The zero-order valence-electron chi connectivity index (χ0n) is 11.7. The number of benzene rings is 1. The maximum Gasteiger partial charge on any atom is 0.314 e. The van der Waals surface area contributed by atoms with Gasteiger partial charge in [0.25, 0.3) is 0 Å². The summed E-state index contributed by atoms with van der Waals surface area (Å²) < 4.78 is 26.7. The van der Waals surface area contributed by atoms with Crippen molar-refractivity contribution in [3.05, 3.63) is 29.8 Å².